The van der Waals surface area contributed by atoms with E-state index < -0.39 is 10.8 Å². The number of hydrogen-bond acceptors (Lipinski definition) is 4. The fourth-order valence-electron chi connectivity index (χ4n) is 2.42. The summed E-state index contributed by atoms with van der Waals surface area (Å²) < 4.78 is 17.2. The molecule has 0 saturated carbocycles. The number of nitrogens with one attached hydrogen (secondary N) is 1. The van der Waals surface area contributed by atoms with Crippen LogP contribution in [0.2, 0.25) is 0 Å². The molecular formula is C18H18N2O3S. The van der Waals surface area contributed by atoms with Gasteiger partial charge < -0.3 is 9.84 Å². The van der Waals surface area contributed by atoms with E-state index >= 15 is 0 Å². The van der Waals surface area contributed by atoms with E-state index in [-0.39, 0.29) is 12.3 Å². The van der Waals surface area contributed by atoms with Crippen LogP contribution in [0, 0.1) is 0 Å². The second-order valence-electron chi connectivity index (χ2n) is 5.43. The number of carbonyl (C=O) groups excluding carboxylic acids is 1. The highest BCUT2D eigenvalue weighted by molar-refractivity contribution is 7.84. The maximum Gasteiger partial charge on any atom is 0.226 e. The van der Waals surface area contributed by atoms with Gasteiger partial charge in [0, 0.05) is 34.2 Å². The molecule has 0 fully saturated rings. The van der Waals surface area contributed by atoms with Gasteiger partial charge in [0.2, 0.25) is 5.91 Å². The molecule has 0 saturated heterocycles. The normalized spacial score (nSPS) is 12.2. The number of carbonyl (C=O) groups is 1. The number of amides is 1. The lowest BCUT2D eigenvalue weighted by Gasteiger charge is -2.05. The number of para-hydroxylation sites is 1. The molecule has 1 amide bonds. The molecule has 0 unspecified atom stereocenters. The summed E-state index contributed by atoms with van der Waals surface area (Å²) in [5.74, 6) is 0.788. The minimum Gasteiger partial charge on any atom is -0.356 e. The molecule has 0 spiro atoms. The van der Waals surface area contributed by atoms with E-state index in [1.807, 2.05) is 54.6 Å². The van der Waals surface area contributed by atoms with Crippen molar-refractivity contribution >= 4 is 27.7 Å². The summed E-state index contributed by atoms with van der Waals surface area (Å²) >= 11 is 0. The monoisotopic (exact) mass is 342 g/mol. The van der Waals surface area contributed by atoms with Gasteiger partial charge in [-0.05, 0) is 17.7 Å². The van der Waals surface area contributed by atoms with Crippen molar-refractivity contribution in [1.29, 1.82) is 0 Å². The van der Waals surface area contributed by atoms with Crippen LogP contribution in [0.4, 0.5) is 0 Å². The first-order chi connectivity index (χ1) is 11.7. The number of aromatic nitrogens is 1. The molecule has 6 heteroatoms. The highest BCUT2D eigenvalue weighted by atomic mass is 32.2. The molecule has 0 bridgehead atoms. The lowest BCUT2D eigenvalue weighted by molar-refractivity contribution is -0.120. The van der Waals surface area contributed by atoms with Crippen LogP contribution >= 0.6 is 0 Å². The molecule has 1 heterocycles. The van der Waals surface area contributed by atoms with Crippen LogP contribution in [-0.2, 0) is 27.8 Å². The van der Waals surface area contributed by atoms with Crippen LogP contribution in [0.5, 0.6) is 0 Å². The van der Waals surface area contributed by atoms with Crippen molar-refractivity contribution < 1.29 is 13.5 Å². The smallest absolute Gasteiger partial charge is 0.226 e. The standard InChI is InChI=1S/C18H18N2O3S/c21-18(12-16-15-8-4-5-9-17(15)23-20-16)19-10-11-24(22)13-14-6-2-1-3-7-14/h1-9H,10-13H2,(H,19,21)/t24-/m1/s1. The number of fused-ring (bicyclic) bond motifs is 1. The molecule has 0 aliphatic rings. The van der Waals surface area contributed by atoms with Crippen molar-refractivity contribution in [3.8, 4) is 0 Å². The molecule has 3 aromatic rings. The van der Waals surface area contributed by atoms with Crippen molar-refractivity contribution in [2.75, 3.05) is 12.3 Å². The Morgan fingerprint density at radius 2 is 1.83 bits per heavy atom. The second kappa shape index (κ2) is 7.88. The SMILES string of the molecule is O=C(Cc1noc2ccccc12)NCC[S@@](=O)Cc1ccccc1. The topological polar surface area (TPSA) is 72.2 Å². The number of benzene rings is 2. The van der Waals surface area contributed by atoms with Gasteiger partial charge in [0.25, 0.3) is 0 Å². The molecular weight excluding hydrogens is 324 g/mol. The summed E-state index contributed by atoms with van der Waals surface area (Å²) in [6.07, 6.45) is 0.155. The first kappa shape index (κ1) is 16.4. The van der Waals surface area contributed by atoms with Crippen LogP contribution in [0.3, 0.4) is 0 Å². The van der Waals surface area contributed by atoms with Crippen molar-refractivity contribution in [1.82, 2.24) is 10.5 Å². The molecule has 0 radical (unpaired) electrons. The fourth-order valence-corrected chi connectivity index (χ4v) is 3.46. The van der Waals surface area contributed by atoms with E-state index in [0.717, 1.165) is 10.9 Å². The average molecular weight is 342 g/mol. The van der Waals surface area contributed by atoms with E-state index in [1.54, 1.807) is 0 Å². The minimum atomic E-state index is -0.997. The summed E-state index contributed by atoms with van der Waals surface area (Å²) in [6.45, 7) is 0.383. The molecule has 5 nitrogen and oxygen atoms in total. The van der Waals surface area contributed by atoms with Crippen molar-refractivity contribution in [2.24, 2.45) is 0 Å². The van der Waals surface area contributed by atoms with Gasteiger partial charge in [-0.3, -0.25) is 9.00 Å². The molecule has 2 aromatic carbocycles. The van der Waals surface area contributed by atoms with Gasteiger partial charge in [0.15, 0.2) is 5.58 Å². The molecule has 0 aliphatic heterocycles. The number of rotatable bonds is 7. The zero-order chi connectivity index (χ0) is 16.8. The summed E-state index contributed by atoms with van der Waals surface area (Å²) in [5, 5.41) is 7.57. The van der Waals surface area contributed by atoms with Gasteiger partial charge in [-0.1, -0.05) is 47.6 Å². The van der Waals surface area contributed by atoms with Crippen LogP contribution in [0.15, 0.2) is 59.1 Å². The Hall–Kier alpha value is -2.47. The number of nitrogens with zero attached hydrogens (tertiary/aromatic N) is 1. The summed E-state index contributed by atoms with van der Waals surface area (Å²) in [5.41, 5.74) is 2.33. The molecule has 24 heavy (non-hydrogen) atoms. The van der Waals surface area contributed by atoms with Gasteiger partial charge in [-0.25, -0.2) is 0 Å². The summed E-state index contributed by atoms with van der Waals surface area (Å²) in [7, 11) is -0.997. The van der Waals surface area contributed by atoms with E-state index in [4.69, 9.17) is 4.52 Å². The largest absolute Gasteiger partial charge is 0.356 e. The molecule has 1 aromatic heterocycles. The highest BCUT2D eigenvalue weighted by Gasteiger charge is 2.12. The van der Waals surface area contributed by atoms with Crippen LogP contribution < -0.4 is 5.32 Å². The number of hydrogen-bond donors (Lipinski definition) is 1. The Morgan fingerprint density at radius 3 is 2.67 bits per heavy atom. The Bertz CT molecular complexity index is 846. The fraction of sp³-hybridized carbons (Fsp3) is 0.222. The van der Waals surface area contributed by atoms with Gasteiger partial charge in [0.05, 0.1) is 6.42 Å². The van der Waals surface area contributed by atoms with E-state index in [2.05, 4.69) is 10.5 Å². The maximum absolute atomic E-state index is 12.0. The van der Waals surface area contributed by atoms with Crippen molar-refractivity contribution in [3.05, 3.63) is 65.9 Å². The third kappa shape index (κ3) is 4.29. The van der Waals surface area contributed by atoms with Gasteiger partial charge in [-0.2, -0.15) is 0 Å². The lowest BCUT2D eigenvalue weighted by Crippen LogP contribution is -2.29. The minimum absolute atomic E-state index is 0.147. The first-order valence-corrected chi connectivity index (χ1v) is 9.20. The van der Waals surface area contributed by atoms with E-state index in [1.165, 1.54) is 0 Å². The molecule has 3 rings (SSSR count). The van der Waals surface area contributed by atoms with Gasteiger partial charge in [-0.15, -0.1) is 0 Å². The molecule has 1 atom stereocenters. The third-order valence-electron chi connectivity index (χ3n) is 3.60. The first-order valence-electron chi connectivity index (χ1n) is 7.71. The van der Waals surface area contributed by atoms with Gasteiger partial charge >= 0.3 is 0 Å². The molecule has 0 aliphatic carbocycles. The quantitative estimate of drug-likeness (QED) is 0.716. The van der Waals surface area contributed by atoms with Gasteiger partial charge in [0.1, 0.15) is 5.69 Å². The average Bonchev–Trinajstić information content (AvgIpc) is 2.99. The van der Waals surface area contributed by atoms with Crippen molar-refractivity contribution in [3.63, 3.8) is 0 Å². The predicted molar refractivity (Wildman–Crippen MR) is 93.9 cm³/mol. The summed E-state index contributed by atoms with van der Waals surface area (Å²) in [4.78, 5) is 12.0. The Morgan fingerprint density at radius 1 is 1.08 bits per heavy atom. The van der Waals surface area contributed by atoms with E-state index in [0.29, 0.717) is 29.3 Å². The third-order valence-corrected chi connectivity index (χ3v) is 4.92. The van der Waals surface area contributed by atoms with Crippen LogP contribution in [0.1, 0.15) is 11.3 Å². The second-order valence-corrected chi connectivity index (χ2v) is 7.00. The van der Waals surface area contributed by atoms with Crippen LogP contribution in [0.25, 0.3) is 11.0 Å². The van der Waals surface area contributed by atoms with E-state index in [9.17, 15) is 9.00 Å². The lowest BCUT2D eigenvalue weighted by atomic mass is 10.2. The molecule has 1 N–H and O–H groups in total. The Kier molecular flexibility index (Phi) is 5.38. The molecule has 124 valence electrons. The Balaban J connectivity index is 1.45. The van der Waals surface area contributed by atoms with Crippen molar-refractivity contribution in [2.45, 2.75) is 12.2 Å². The Labute approximate surface area is 142 Å². The highest BCUT2D eigenvalue weighted by Crippen LogP contribution is 2.17. The zero-order valence-corrected chi connectivity index (χ0v) is 13.9. The predicted octanol–water partition coefficient (Wildman–Crippen LogP) is 2.44. The summed E-state index contributed by atoms with van der Waals surface area (Å²) in [6, 6.07) is 17.1. The zero-order valence-electron chi connectivity index (χ0n) is 13.1. The maximum atomic E-state index is 12.0. The van der Waals surface area contributed by atoms with Crippen LogP contribution in [-0.4, -0.2) is 27.6 Å².